The molecule has 0 aliphatic rings. The molecule has 0 aliphatic carbocycles. The predicted molar refractivity (Wildman–Crippen MR) is 137 cm³/mol. The molecule has 0 saturated carbocycles. The van der Waals surface area contributed by atoms with E-state index in [0.717, 1.165) is 11.1 Å². The molecule has 0 bridgehead atoms. The highest BCUT2D eigenvalue weighted by Crippen LogP contribution is 2.07. The van der Waals surface area contributed by atoms with Crippen LogP contribution in [0, 0.1) is 0 Å². The van der Waals surface area contributed by atoms with Gasteiger partial charge in [0.25, 0.3) is 0 Å². The molecular weight excluding hydrogens is 460 g/mol. The van der Waals surface area contributed by atoms with Gasteiger partial charge in [0.1, 0.15) is 23.7 Å². The zero-order chi connectivity index (χ0) is 26.7. The molecule has 3 atom stereocenters. The van der Waals surface area contributed by atoms with Crippen molar-refractivity contribution in [3.63, 3.8) is 0 Å². The third-order valence-electron chi connectivity index (χ3n) is 5.10. The molecule has 4 N–H and O–H groups in total. The van der Waals surface area contributed by atoms with Crippen LogP contribution < -0.4 is 21.3 Å². The SMILES string of the molecule is C[C@H](NC(=O)OC(C)(C)C)C(=O)N[C@@H](C)C(=O)N[C@@H](Cc1ccccc1)C(=O)NCc1ccccc1. The highest BCUT2D eigenvalue weighted by molar-refractivity contribution is 5.93. The van der Waals surface area contributed by atoms with E-state index in [1.165, 1.54) is 13.8 Å². The minimum absolute atomic E-state index is 0.282. The predicted octanol–water partition coefficient (Wildman–Crippen LogP) is 2.45. The maximum Gasteiger partial charge on any atom is 0.408 e. The molecule has 2 aromatic carbocycles. The second-order valence-corrected chi connectivity index (χ2v) is 9.55. The molecule has 2 aromatic rings. The summed E-state index contributed by atoms with van der Waals surface area (Å²) in [4.78, 5) is 50.2. The summed E-state index contributed by atoms with van der Waals surface area (Å²) in [5.74, 6) is -1.42. The van der Waals surface area contributed by atoms with Crippen molar-refractivity contribution in [3.05, 3.63) is 71.8 Å². The van der Waals surface area contributed by atoms with Crippen LogP contribution >= 0.6 is 0 Å². The van der Waals surface area contributed by atoms with Gasteiger partial charge in [-0.2, -0.15) is 0 Å². The molecule has 194 valence electrons. The molecule has 0 fully saturated rings. The lowest BCUT2D eigenvalue weighted by atomic mass is 10.0. The maximum atomic E-state index is 13.0. The largest absolute Gasteiger partial charge is 0.444 e. The number of carbonyl (C=O) groups excluding carboxylic acids is 4. The Hall–Kier alpha value is -3.88. The molecule has 0 radical (unpaired) electrons. The smallest absolute Gasteiger partial charge is 0.408 e. The lowest BCUT2D eigenvalue weighted by Gasteiger charge is -2.24. The maximum absolute atomic E-state index is 13.0. The zero-order valence-corrected chi connectivity index (χ0v) is 21.5. The van der Waals surface area contributed by atoms with E-state index in [0.29, 0.717) is 6.54 Å². The number of nitrogens with one attached hydrogen (secondary N) is 4. The van der Waals surface area contributed by atoms with Gasteiger partial charge in [0, 0.05) is 13.0 Å². The quantitative estimate of drug-likeness (QED) is 0.402. The third-order valence-corrected chi connectivity index (χ3v) is 5.10. The van der Waals surface area contributed by atoms with Crippen LogP contribution in [0.4, 0.5) is 4.79 Å². The molecule has 0 aliphatic heterocycles. The van der Waals surface area contributed by atoms with Crippen LogP contribution in [-0.2, 0) is 32.1 Å². The first-order valence-electron chi connectivity index (χ1n) is 11.9. The first kappa shape index (κ1) is 28.4. The van der Waals surface area contributed by atoms with Gasteiger partial charge in [0.15, 0.2) is 0 Å². The molecule has 0 heterocycles. The normalized spacial score (nSPS) is 13.5. The number of rotatable bonds is 10. The van der Waals surface area contributed by atoms with Gasteiger partial charge in [-0.15, -0.1) is 0 Å². The fraction of sp³-hybridized carbons (Fsp3) is 0.407. The highest BCUT2D eigenvalue weighted by atomic mass is 16.6. The van der Waals surface area contributed by atoms with Crippen LogP contribution in [0.15, 0.2) is 60.7 Å². The second kappa shape index (κ2) is 13.3. The number of ether oxygens (including phenoxy) is 1. The lowest BCUT2D eigenvalue weighted by Crippen LogP contribution is -2.55. The highest BCUT2D eigenvalue weighted by Gasteiger charge is 2.27. The molecule has 2 rings (SSSR count). The van der Waals surface area contributed by atoms with Crippen molar-refractivity contribution in [2.75, 3.05) is 0 Å². The van der Waals surface area contributed by atoms with Crippen LogP contribution in [0.25, 0.3) is 0 Å². The number of alkyl carbamates (subject to hydrolysis) is 1. The van der Waals surface area contributed by atoms with E-state index in [-0.39, 0.29) is 12.3 Å². The van der Waals surface area contributed by atoms with Crippen molar-refractivity contribution in [1.82, 2.24) is 21.3 Å². The van der Waals surface area contributed by atoms with E-state index in [2.05, 4.69) is 21.3 Å². The summed E-state index contributed by atoms with van der Waals surface area (Å²) in [5, 5.41) is 10.6. The number of carbonyl (C=O) groups is 4. The van der Waals surface area contributed by atoms with Crippen molar-refractivity contribution in [2.24, 2.45) is 0 Å². The Labute approximate surface area is 212 Å². The average Bonchev–Trinajstić information content (AvgIpc) is 2.82. The second-order valence-electron chi connectivity index (χ2n) is 9.55. The van der Waals surface area contributed by atoms with Crippen LogP contribution in [0.2, 0.25) is 0 Å². The van der Waals surface area contributed by atoms with Crippen molar-refractivity contribution < 1.29 is 23.9 Å². The standard InChI is InChI=1S/C27H36N4O5/c1-18(29-23(32)19(2)30-26(35)36-27(3,4)5)24(33)31-22(16-20-12-8-6-9-13-20)25(34)28-17-21-14-10-7-11-15-21/h6-15,18-19,22H,16-17H2,1-5H3,(H,28,34)(H,29,32)(H,30,35)(H,31,33)/t18-,19-,22-/m0/s1. The lowest BCUT2D eigenvalue weighted by molar-refractivity contribution is -0.132. The van der Waals surface area contributed by atoms with Crippen LogP contribution in [0.5, 0.6) is 0 Å². The molecule has 0 spiro atoms. The summed E-state index contributed by atoms with van der Waals surface area (Å²) >= 11 is 0. The van der Waals surface area contributed by atoms with Crippen molar-refractivity contribution in [1.29, 1.82) is 0 Å². The van der Waals surface area contributed by atoms with Gasteiger partial charge in [-0.25, -0.2) is 4.79 Å². The molecule has 0 unspecified atom stereocenters. The van der Waals surface area contributed by atoms with E-state index in [9.17, 15) is 19.2 Å². The average molecular weight is 497 g/mol. The monoisotopic (exact) mass is 496 g/mol. The molecule has 0 aromatic heterocycles. The molecule has 9 heteroatoms. The van der Waals surface area contributed by atoms with Crippen LogP contribution in [-0.4, -0.2) is 47.5 Å². The van der Waals surface area contributed by atoms with E-state index in [1.807, 2.05) is 60.7 Å². The summed E-state index contributed by atoms with van der Waals surface area (Å²) in [5.41, 5.74) is 1.11. The Balaban J connectivity index is 1.98. The topological polar surface area (TPSA) is 126 Å². The van der Waals surface area contributed by atoms with Gasteiger partial charge in [0.05, 0.1) is 0 Å². The van der Waals surface area contributed by atoms with E-state index in [1.54, 1.807) is 20.8 Å². The first-order chi connectivity index (χ1) is 16.9. The van der Waals surface area contributed by atoms with Gasteiger partial charge in [-0.05, 0) is 45.7 Å². The number of benzene rings is 2. The summed E-state index contributed by atoms with van der Waals surface area (Å²) in [7, 11) is 0. The first-order valence-corrected chi connectivity index (χ1v) is 11.9. The van der Waals surface area contributed by atoms with Gasteiger partial charge < -0.3 is 26.0 Å². The Morgan fingerprint density at radius 3 is 1.78 bits per heavy atom. The molecule has 0 saturated heterocycles. The van der Waals surface area contributed by atoms with Crippen molar-refractivity contribution >= 4 is 23.8 Å². The summed E-state index contributed by atoms with van der Waals surface area (Å²) in [6.07, 6.45) is -0.454. The Morgan fingerprint density at radius 2 is 1.22 bits per heavy atom. The van der Waals surface area contributed by atoms with E-state index >= 15 is 0 Å². The fourth-order valence-electron chi connectivity index (χ4n) is 3.22. The summed E-state index contributed by atoms with van der Waals surface area (Å²) in [6, 6.07) is 16.1. The van der Waals surface area contributed by atoms with E-state index < -0.39 is 41.6 Å². The minimum Gasteiger partial charge on any atom is -0.444 e. The fourth-order valence-corrected chi connectivity index (χ4v) is 3.22. The number of hydrogen-bond acceptors (Lipinski definition) is 5. The molecule has 36 heavy (non-hydrogen) atoms. The molecule has 9 nitrogen and oxygen atoms in total. The minimum atomic E-state index is -0.944. The zero-order valence-electron chi connectivity index (χ0n) is 21.5. The Kier molecular flexibility index (Phi) is 10.5. The third kappa shape index (κ3) is 10.2. The van der Waals surface area contributed by atoms with Gasteiger partial charge in [0.2, 0.25) is 17.7 Å². The van der Waals surface area contributed by atoms with Crippen LogP contribution in [0.3, 0.4) is 0 Å². The summed E-state index contributed by atoms with van der Waals surface area (Å²) < 4.78 is 5.15. The molecule has 4 amide bonds. The Morgan fingerprint density at radius 1 is 0.722 bits per heavy atom. The molecular formula is C27H36N4O5. The van der Waals surface area contributed by atoms with Gasteiger partial charge in [-0.1, -0.05) is 60.7 Å². The van der Waals surface area contributed by atoms with Gasteiger partial charge >= 0.3 is 6.09 Å². The van der Waals surface area contributed by atoms with Crippen LogP contribution in [0.1, 0.15) is 45.7 Å². The number of hydrogen-bond donors (Lipinski definition) is 4. The Bertz CT molecular complexity index is 1020. The summed E-state index contributed by atoms with van der Waals surface area (Å²) in [6.45, 7) is 8.46. The van der Waals surface area contributed by atoms with E-state index in [4.69, 9.17) is 4.74 Å². The number of amides is 4. The van der Waals surface area contributed by atoms with Crippen molar-refractivity contribution in [3.8, 4) is 0 Å². The van der Waals surface area contributed by atoms with Gasteiger partial charge in [-0.3, -0.25) is 14.4 Å². The van der Waals surface area contributed by atoms with Crippen molar-refractivity contribution in [2.45, 2.75) is 71.3 Å².